The lowest BCUT2D eigenvalue weighted by Crippen LogP contribution is -2.41. The molecule has 0 saturated carbocycles. The van der Waals surface area contributed by atoms with Crippen molar-refractivity contribution in [3.8, 4) is 0 Å². The highest BCUT2D eigenvalue weighted by atomic mass is 19.1. The van der Waals surface area contributed by atoms with Crippen LogP contribution in [-0.2, 0) is 4.79 Å². The zero-order valence-electron chi connectivity index (χ0n) is 7.78. The van der Waals surface area contributed by atoms with Crippen LogP contribution in [-0.4, -0.2) is 15.5 Å². The Labute approximate surface area is 82.7 Å². The normalized spacial score (nSPS) is 12.2. The molecule has 8 heteroatoms. The van der Waals surface area contributed by atoms with E-state index in [9.17, 15) is 18.8 Å². The van der Waals surface area contributed by atoms with Gasteiger partial charge in [-0.2, -0.15) is 4.39 Å². The molecule has 4 N–H and O–H groups in total. The van der Waals surface area contributed by atoms with Crippen LogP contribution in [0.15, 0.2) is 15.8 Å². The second-order valence-corrected chi connectivity index (χ2v) is 2.83. The van der Waals surface area contributed by atoms with Crippen LogP contribution in [0.1, 0.15) is 13.0 Å². The van der Waals surface area contributed by atoms with Gasteiger partial charge < -0.3 is 0 Å². The molecule has 0 aliphatic carbocycles. The van der Waals surface area contributed by atoms with Crippen LogP contribution in [0.2, 0.25) is 0 Å². The minimum atomic E-state index is -1.15. The first-order valence-corrected chi connectivity index (χ1v) is 3.98. The highest BCUT2D eigenvalue weighted by Crippen LogP contribution is 2.00. The van der Waals surface area contributed by atoms with Crippen LogP contribution < -0.4 is 22.5 Å². The number of carbonyl (C=O) groups excluding carboxylic acids is 1. The van der Waals surface area contributed by atoms with E-state index in [1.807, 2.05) is 5.43 Å². The quantitative estimate of drug-likeness (QED) is 0.308. The van der Waals surface area contributed by atoms with Crippen LogP contribution in [0, 0.1) is 5.82 Å². The number of nitrogens with two attached hydrogens (primary N) is 1. The fraction of sp³-hybridized carbons (Fsp3) is 0.286. The van der Waals surface area contributed by atoms with E-state index in [2.05, 4.69) is 0 Å². The van der Waals surface area contributed by atoms with Gasteiger partial charge >= 0.3 is 5.69 Å². The van der Waals surface area contributed by atoms with E-state index in [-0.39, 0.29) is 0 Å². The molecule has 7 nitrogen and oxygen atoms in total. The van der Waals surface area contributed by atoms with Crippen molar-refractivity contribution in [2.24, 2.45) is 5.84 Å². The third-order valence-electron chi connectivity index (χ3n) is 1.86. The summed E-state index contributed by atoms with van der Waals surface area (Å²) >= 11 is 0. The van der Waals surface area contributed by atoms with Crippen LogP contribution in [0.3, 0.4) is 0 Å². The zero-order chi connectivity index (χ0) is 11.6. The lowest BCUT2D eigenvalue weighted by molar-refractivity contribution is -0.124. The summed E-state index contributed by atoms with van der Waals surface area (Å²) in [6.07, 6.45) is 0.654. The molecular weight excluding hydrogens is 207 g/mol. The average molecular weight is 216 g/mol. The number of hydrazine groups is 1. The molecule has 0 aliphatic rings. The first-order chi connectivity index (χ1) is 6.97. The molecule has 0 fully saturated rings. The molecule has 0 aromatic carbocycles. The number of amides is 1. The van der Waals surface area contributed by atoms with Gasteiger partial charge in [0.25, 0.3) is 11.5 Å². The predicted octanol–water partition coefficient (Wildman–Crippen LogP) is -1.77. The topological polar surface area (TPSA) is 110 Å². The molecule has 1 aromatic rings. The Hall–Kier alpha value is -1.96. The molecule has 0 aliphatic heterocycles. The van der Waals surface area contributed by atoms with Crippen molar-refractivity contribution in [3.63, 3.8) is 0 Å². The van der Waals surface area contributed by atoms with Gasteiger partial charge in [0.2, 0.25) is 5.82 Å². The van der Waals surface area contributed by atoms with E-state index in [4.69, 9.17) is 5.84 Å². The zero-order valence-corrected chi connectivity index (χ0v) is 7.78. The largest absolute Gasteiger partial charge is 0.329 e. The monoisotopic (exact) mass is 216 g/mol. The molecule has 1 unspecified atom stereocenters. The number of nitrogens with zero attached hydrogens (tertiary/aromatic N) is 1. The second kappa shape index (κ2) is 4.05. The fourth-order valence-corrected chi connectivity index (χ4v) is 0.995. The van der Waals surface area contributed by atoms with E-state index in [0.29, 0.717) is 6.20 Å². The number of aromatic nitrogens is 2. The summed E-state index contributed by atoms with van der Waals surface area (Å²) in [6, 6.07) is -1.01. The highest BCUT2D eigenvalue weighted by molar-refractivity contribution is 5.79. The maximum absolute atomic E-state index is 12.8. The minimum Gasteiger partial charge on any atom is -0.292 e. The second-order valence-electron chi connectivity index (χ2n) is 2.83. The third kappa shape index (κ3) is 2.10. The Morgan fingerprint density at radius 2 is 2.27 bits per heavy atom. The summed E-state index contributed by atoms with van der Waals surface area (Å²) in [6.45, 7) is 1.33. The molecule has 15 heavy (non-hydrogen) atoms. The molecule has 1 aromatic heterocycles. The first kappa shape index (κ1) is 11.1. The molecule has 1 atom stereocenters. The predicted molar refractivity (Wildman–Crippen MR) is 48.3 cm³/mol. The van der Waals surface area contributed by atoms with Gasteiger partial charge in [-0.05, 0) is 6.92 Å². The Bertz CT molecular complexity index is 492. The maximum atomic E-state index is 12.8. The van der Waals surface area contributed by atoms with Gasteiger partial charge in [-0.3, -0.25) is 24.6 Å². The number of aromatic amines is 1. The molecule has 82 valence electrons. The minimum absolute atomic E-state index is 0.654. The Kier molecular flexibility index (Phi) is 3.00. The number of rotatable bonds is 2. The van der Waals surface area contributed by atoms with Gasteiger partial charge in [0.05, 0.1) is 6.20 Å². The van der Waals surface area contributed by atoms with Crippen molar-refractivity contribution in [2.45, 2.75) is 13.0 Å². The molecule has 0 spiro atoms. The van der Waals surface area contributed by atoms with Crippen LogP contribution in [0.5, 0.6) is 0 Å². The Balaban J connectivity index is 3.27. The maximum Gasteiger partial charge on any atom is 0.329 e. The summed E-state index contributed by atoms with van der Waals surface area (Å²) in [4.78, 5) is 34.6. The van der Waals surface area contributed by atoms with Crippen molar-refractivity contribution in [3.05, 3.63) is 32.9 Å². The van der Waals surface area contributed by atoms with Crippen LogP contribution >= 0.6 is 0 Å². The smallest absolute Gasteiger partial charge is 0.292 e. The van der Waals surface area contributed by atoms with E-state index < -0.39 is 29.0 Å². The van der Waals surface area contributed by atoms with Gasteiger partial charge in [0, 0.05) is 0 Å². The average Bonchev–Trinajstić information content (AvgIpc) is 2.21. The SMILES string of the molecule is CC(C(=O)NN)n1cc(F)c(=O)[nH]c1=O. The summed E-state index contributed by atoms with van der Waals surface area (Å²) in [5.74, 6) is 3.02. The van der Waals surface area contributed by atoms with Gasteiger partial charge in [0.1, 0.15) is 6.04 Å². The van der Waals surface area contributed by atoms with E-state index in [1.165, 1.54) is 6.92 Å². The standard InChI is InChI=1S/C7H9FN4O3/c1-3(5(13)11-9)12-2-4(8)6(14)10-7(12)15/h2-3H,9H2,1H3,(H,11,13)(H,10,14,15). The molecule has 0 bridgehead atoms. The fourth-order valence-electron chi connectivity index (χ4n) is 0.995. The van der Waals surface area contributed by atoms with Crippen LogP contribution in [0.4, 0.5) is 4.39 Å². The molecule has 0 radical (unpaired) electrons. The van der Waals surface area contributed by atoms with Gasteiger partial charge in [-0.15, -0.1) is 0 Å². The summed E-state index contributed by atoms with van der Waals surface area (Å²) in [5, 5.41) is 0. The Morgan fingerprint density at radius 3 is 2.80 bits per heavy atom. The summed E-state index contributed by atoms with van der Waals surface area (Å²) in [7, 11) is 0. The number of H-pyrrole nitrogens is 1. The molecule has 1 heterocycles. The van der Waals surface area contributed by atoms with E-state index >= 15 is 0 Å². The first-order valence-electron chi connectivity index (χ1n) is 3.98. The number of nitrogens with one attached hydrogen (secondary N) is 2. The lowest BCUT2D eigenvalue weighted by atomic mass is 10.3. The Morgan fingerprint density at radius 1 is 1.67 bits per heavy atom. The van der Waals surface area contributed by atoms with Crippen molar-refractivity contribution < 1.29 is 9.18 Å². The molecule has 1 amide bonds. The van der Waals surface area contributed by atoms with E-state index in [0.717, 1.165) is 4.57 Å². The number of carbonyl (C=O) groups is 1. The number of hydrogen-bond donors (Lipinski definition) is 3. The molecule has 0 saturated heterocycles. The molecular formula is C7H9FN4O3. The third-order valence-corrected chi connectivity index (χ3v) is 1.86. The van der Waals surface area contributed by atoms with Crippen molar-refractivity contribution in [1.29, 1.82) is 0 Å². The summed E-state index contributed by atoms with van der Waals surface area (Å²) < 4.78 is 13.6. The van der Waals surface area contributed by atoms with Crippen molar-refractivity contribution in [1.82, 2.24) is 15.0 Å². The van der Waals surface area contributed by atoms with Crippen molar-refractivity contribution >= 4 is 5.91 Å². The van der Waals surface area contributed by atoms with Gasteiger partial charge in [0.15, 0.2) is 0 Å². The molecule has 1 rings (SSSR count). The number of hydrogen-bond acceptors (Lipinski definition) is 4. The summed E-state index contributed by atoms with van der Waals surface area (Å²) in [5.41, 5.74) is -0.194. The van der Waals surface area contributed by atoms with Crippen molar-refractivity contribution in [2.75, 3.05) is 0 Å². The van der Waals surface area contributed by atoms with Gasteiger partial charge in [-0.1, -0.05) is 0 Å². The van der Waals surface area contributed by atoms with Gasteiger partial charge in [-0.25, -0.2) is 10.6 Å². The van der Waals surface area contributed by atoms with Crippen LogP contribution in [0.25, 0.3) is 0 Å². The lowest BCUT2D eigenvalue weighted by Gasteiger charge is -2.11. The number of halogens is 1. The highest BCUT2D eigenvalue weighted by Gasteiger charge is 2.16. The van der Waals surface area contributed by atoms with E-state index in [1.54, 1.807) is 4.98 Å².